The smallest absolute Gasteiger partial charge is 0.260 e. The van der Waals surface area contributed by atoms with Gasteiger partial charge in [0.2, 0.25) is 0 Å². The van der Waals surface area contributed by atoms with Crippen molar-refractivity contribution < 1.29 is 4.52 Å². The van der Waals surface area contributed by atoms with E-state index in [1.807, 2.05) is 18.2 Å². The van der Waals surface area contributed by atoms with Crippen molar-refractivity contribution in [1.29, 1.82) is 0 Å². The van der Waals surface area contributed by atoms with Gasteiger partial charge in [0.25, 0.3) is 6.57 Å². The topological polar surface area (TPSA) is 64.5 Å². The van der Waals surface area contributed by atoms with Gasteiger partial charge in [-0.15, -0.1) is 0 Å². The molecule has 0 saturated heterocycles. The standard InChI is InChI=1S/C7H12N3OPS/c1-10(8)12(9,13)11-7-5-3-2-4-6-7/h2-6H,8H2,1H3,(H2,9,13). The number of benzene rings is 1. The molecular weight excluding hydrogens is 205 g/mol. The van der Waals surface area contributed by atoms with E-state index in [2.05, 4.69) is 0 Å². The van der Waals surface area contributed by atoms with Crippen LogP contribution in [0.2, 0.25) is 0 Å². The molecule has 0 aliphatic heterocycles. The van der Waals surface area contributed by atoms with Gasteiger partial charge in [-0.2, -0.15) is 4.78 Å². The van der Waals surface area contributed by atoms with E-state index in [1.54, 1.807) is 19.2 Å². The molecule has 0 saturated carbocycles. The van der Waals surface area contributed by atoms with Gasteiger partial charge in [-0.05, 0) is 23.9 Å². The first-order chi connectivity index (χ1) is 6.02. The Morgan fingerprint density at radius 3 is 2.38 bits per heavy atom. The number of hydrazine groups is 1. The van der Waals surface area contributed by atoms with Crippen LogP contribution in [0, 0.1) is 0 Å². The zero-order valence-corrected chi connectivity index (χ0v) is 8.96. The number of hydrogen-bond donors (Lipinski definition) is 2. The third kappa shape index (κ3) is 3.06. The number of rotatable bonds is 3. The van der Waals surface area contributed by atoms with Crippen LogP contribution in [-0.4, -0.2) is 11.8 Å². The molecule has 0 amide bonds. The molecule has 4 nitrogen and oxygen atoms in total. The molecule has 0 fully saturated rings. The van der Waals surface area contributed by atoms with Crippen molar-refractivity contribution in [2.24, 2.45) is 11.3 Å². The SMILES string of the molecule is CN(N)P(N)(=S)Oc1ccccc1. The Labute approximate surface area is 82.6 Å². The molecule has 1 rings (SSSR count). The van der Waals surface area contributed by atoms with Gasteiger partial charge in [0.15, 0.2) is 0 Å². The van der Waals surface area contributed by atoms with Crippen molar-refractivity contribution >= 4 is 18.4 Å². The average molecular weight is 217 g/mol. The molecule has 0 heterocycles. The monoisotopic (exact) mass is 217 g/mol. The fourth-order valence-electron chi connectivity index (χ4n) is 0.697. The van der Waals surface area contributed by atoms with E-state index in [-0.39, 0.29) is 0 Å². The number of hydrogen-bond acceptors (Lipinski definition) is 3. The minimum Gasteiger partial charge on any atom is -0.440 e. The van der Waals surface area contributed by atoms with Crippen LogP contribution in [0.4, 0.5) is 0 Å². The normalized spacial score (nSPS) is 15.4. The maximum atomic E-state index is 5.70. The summed E-state index contributed by atoms with van der Waals surface area (Å²) in [5.41, 5.74) is 5.70. The second kappa shape index (κ2) is 4.17. The molecule has 1 atom stereocenters. The predicted molar refractivity (Wildman–Crippen MR) is 57.5 cm³/mol. The third-order valence-corrected chi connectivity index (χ3v) is 3.77. The molecule has 1 aromatic carbocycles. The second-order valence-corrected chi connectivity index (χ2v) is 6.05. The van der Waals surface area contributed by atoms with Crippen LogP contribution in [0.5, 0.6) is 5.75 Å². The van der Waals surface area contributed by atoms with E-state index in [0.29, 0.717) is 5.75 Å². The first-order valence-corrected chi connectivity index (χ1v) is 6.39. The Balaban J connectivity index is 2.76. The average Bonchev–Trinajstić information content (AvgIpc) is 2.05. The lowest BCUT2D eigenvalue weighted by Gasteiger charge is -2.23. The maximum Gasteiger partial charge on any atom is 0.260 e. The lowest BCUT2D eigenvalue weighted by atomic mass is 10.3. The highest BCUT2D eigenvalue weighted by atomic mass is 32.4. The fraction of sp³-hybridized carbons (Fsp3) is 0.143. The van der Waals surface area contributed by atoms with Gasteiger partial charge in [-0.25, -0.2) is 0 Å². The van der Waals surface area contributed by atoms with Gasteiger partial charge in [-0.1, -0.05) is 18.2 Å². The molecule has 0 bridgehead atoms. The zero-order chi connectivity index (χ0) is 9.90. The Hall–Kier alpha value is -0.450. The van der Waals surface area contributed by atoms with Gasteiger partial charge >= 0.3 is 0 Å². The summed E-state index contributed by atoms with van der Waals surface area (Å²) in [5.74, 6) is 6.09. The summed E-state index contributed by atoms with van der Waals surface area (Å²) in [6.45, 7) is -2.54. The highest BCUT2D eigenvalue weighted by Crippen LogP contribution is 2.39. The lowest BCUT2D eigenvalue weighted by Crippen LogP contribution is -2.29. The predicted octanol–water partition coefficient (Wildman–Crippen LogP) is 1.05. The van der Waals surface area contributed by atoms with E-state index >= 15 is 0 Å². The van der Waals surface area contributed by atoms with E-state index in [9.17, 15) is 0 Å². The van der Waals surface area contributed by atoms with Crippen LogP contribution in [0.1, 0.15) is 0 Å². The molecule has 0 spiro atoms. The second-order valence-electron chi connectivity index (χ2n) is 2.54. The molecule has 13 heavy (non-hydrogen) atoms. The largest absolute Gasteiger partial charge is 0.440 e. The number of nitrogens with two attached hydrogens (primary N) is 2. The van der Waals surface area contributed by atoms with Crippen LogP contribution in [0.3, 0.4) is 0 Å². The summed E-state index contributed by atoms with van der Waals surface area (Å²) in [4.78, 5) is 0. The third-order valence-electron chi connectivity index (χ3n) is 1.42. The van der Waals surface area contributed by atoms with Gasteiger partial charge < -0.3 is 4.52 Å². The van der Waals surface area contributed by atoms with E-state index in [0.717, 1.165) is 0 Å². The maximum absolute atomic E-state index is 5.70. The summed E-state index contributed by atoms with van der Waals surface area (Å²) < 4.78 is 6.61. The molecule has 0 aromatic heterocycles. The highest BCUT2D eigenvalue weighted by molar-refractivity contribution is 8.10. The first-order valence-electron chi connectivity index (χ1n) is 3.64. The van der Waals surface area contributed by atoms with Crippen molar-refractivity contribution in [2.75, 3.05) is 7.05 Å². The first kappa shape index (κ1) is 10.6. The van der Waals surface area contributed by atoms with Crippen molar-refractivity contribution in [3.05, 3.63) is 30.3 Å². The van der Waals surface area contributed by atoms with E-state index in [1.165, 1.54) is 4.78 Å². The van der Waals surface area contributed by atoms with Crippen LogP contribution < -0.4 is 15.9 Å². The van der Waals surface area contributed by atoms with E-state index < -0.39 is 6.57 Å². The summed E-state index contributed by atoms with van der Waals surface area (Å²) >= 11 is 5.02. The highest BCUT2D eigenvalue weighted by Gasteiger charge is 2.16. The van der Waals surface area contributed by atoms with Crippen LogP contribution in [0.25, 0.3) is 0 Å². The molecule has 4 N–H and O–H groups in total. The molecule has 1 unspecified atom stereocenters. The summed E-state index contributed by atoms with van der Waals surface area (Å²) in [6, 6.07) is 9.16. The van der Waals surface area contributed by atoms with E-state index in [4.69, 9.17) is 27.7 Å². The van der Waals surface area contributed by atoms with Gasteiger partial charge in [0.1, 0.15) is 5.75 Å². The lowest BCUT2D eigenvalue weighted by molar-refractivity contribution is 0.488. The van der Waals surface area contributed by atoms with Crippen molar-refractivity contribution in [2.45, 2.75) is 0 Å². The number of nitrogens with zero attached hydrogens (tertiary/aromatic N) is 1. The van der Waals surface area contributed by atoms with Crippen molar-refractivity contribution in [3.63, 3.8) is 0 Å². The quantitative estimate of drug-likeness (QED) is 0.450. The van der Waals surface area contributed by atoms with Crippen molar-refractivity contribution in [3.8, 4) is 5.75 Å². The Morgan fingerprint density at radius 1 is 1.38 bits per heavy atom. The van der Waals surface area contributed by atoms with Gasteiger partial charge in [0.05, 0.1) is 0 Å². The Morgan fingerprint density at radius 2 is 1.92 bits per heavy atom. The van der Waals surface area contributed by atoms with Crippen LogP contribution in [-0.2, 0) is 11.8 Å². The van der Waals surface area contributed by atoms with Crippen molar-refractivity contribution in [1.82, 2.24) is 4.78 Å². The zero-order valence-electron chi connectivity index (χ0n) is 7.25. The fourth-order valence-corrected chi connectivity index (χ4v) is 1.51. The van der Waals surface area contributed by atoms with Crippen LogP contribution >= 0.6 is 6.57 Å². The minimum absolute atomic E-state index is 0.644. The Kier molecular flexibility index (Phi) is 3.41. The summed E-state index contributed by atoms with van der Waals surface area (Å²) in [5, 5.41) is 0. The van der Waals surface area contributed by atoms with Gasteiger partial charge in [-0.3, -0.25) is 11.3 Å². The molecule has 0 aliphatic carbocycles. The Bertz CT molecular complexity index is 317. The molecular formula is C7H12N3OPS. The van der Waals surface area contributed by atoms with Crippen LogP contribution in [0.15, 0.2) is 30.3 Å². The molecule has 0 radical (unpaired) electrons. The number of para-hydroxylation sites is 1. The molecule has 6 heteroatoms. The molecule has 72 valence electrons. The molecule has 0 aliphatic rings. The molecule has 1 aromatic rings. The summed E-state index contributed by atoms with van der Waals surface area (Å²) in [7, 11) is 1.60. The summed E-state index contributed by atoms with van der Waals surface area (Å²) in [6.07, 6.45) is 0. The minimum atomic E-state index is -2.54. The van der Waals surface area contributed by atoms with Gasteiger partial charge in [0, 0.05) is 7.05 Å².